The Hall–Kier alpha value is -6.39. The Morgan fingerprint density at radius 1 is 0.477 bits per heavy atom. The second-order valence-electron chi connectivity index (χ2n) is 26.2. The SMILES string of the molecule is C=CC=CC[C@@H](C)[C@@H](O)C1C(=O)N[C@H](CC)C(=O)N(C)CC(=O)N(C)[C@@H](CC(C)C)C(=O)N[C@H](C(C)C)C(=O)N(C)[C@H](CC(C)C)C(=O)N[C@H](C)C(=O)N[C@@H](C)C(=O)N(C)[C@H](CC(C)C)C(=O)N(C)[C@H](CC(C)C)C(=O)N(C)[C@H](C(C)C)C(=O)N1C. The molecule has 0 spiro atoms. The van der Waals surface area contributed by atoms with Crippen LogP contribution in [-0.4, -0.2) is 227 Å². The molecular weight excluding hydrogens is 1100 g/mol. The number of aliphatic hydroxyl groups is 1. The van der Waals surface area contributed by atoms with Crippen molar-refractivity contribution in [1.82, 2.24) is 55.6 Å². The molecule has 0 radical (unpaired) electrons. The summed E-state index contributed by atoms with van der Waals surface area (Å²) in [6, 6.07) is -12.4. The first kappa shape index (κ1) is 77.6. The Kier molecular flexibility index (Phi) is 32.0. The number of hydrogen-bond acceptors (Lipinski definition) is 12. The first-order valence-electron chi connectivity index (χ1n) is 30.7. The molecule has 5 N–H and O–H groups in total. The second kappa shape index (κ2) is 35.4. The Bertz CT molecular complexity index is 2380. The van der Waals surface area contributed by atoms with Gasteiger partial charge in [0.2, 0.25) is 65.0 Å². The molecule has 0 saturated carbocycles. The number of nitrogens with zero attached hydrogens (tertiary/aromatic N) is 7. The van der Waals surface area contributed by atoms with Crippen LogP contribution in [0.3, 0.4) is 0 Å². The maximum absolute atomic E-state index is 15.2. The minimum Gasteiger partial charge on any atom is -0.390 e. The van der Waals surface area contributed by atoms with Gasteiger partial charge in [-0.15, -0.1) is 0 Å². The molecule has 1 rings (SSSR count). The fraction of sp³-hybridized carbons (Fsp3) is 0.762. The van der Waals surface area contributed by atoms with E-state index in [1.54, 1.807) is 59.8 Å². The maximum atomic E-state index is 15.2. The van der Waals surface area contributed by atoms with Gasteiger partial charge in [-0.25, -0.2) is 0 Å². The Morgan fingerprint density at radius 3 is 1.35 bits per heavy atom. The highest BCUT2D eigenvalue weighted by Crippen LogP contribution is 2.26. The quantitative estimate of drug-likeness (QED) is 0.139. The third kappa shape index (κ3) is 21.8. The lowest BCUT2D eigenvalue weighted by molar-refractivity contribution is -0.157. The van der Waals surface area contributed by atoms with Crippen LogP contribution in [0, 0.1) is 41.4 Å². The minimum atomic E-state index is -1.64. The highest BCUT2D eigenvalue weighted by atomic mass is 16.3. The lowest BCUT2D eigenvalue weighted by Crippen LogP contribution is -2.63. The minimum absolute atomic E-state index is 0.0125. The molecular formula is C63H111N11O12. The van der Waals surface area contributed by atoms with Crippen molar-refractivity contribution in [3.05, 3.63) is 24.8 Å². The van der Waals surface area contributed by atoms with Crippen LogP contribution >= 0.6 is 0 Å². The van der Waals surface area contributed by atoms with Crippen molar-refractivity contribution in [3.8, 4) is 0 Å². The average molecular weight is 1210 g/mol. The summed E-state index contributed by atoms with van der Waals surface area (Å²) in [4.78, 5) is 169. The Balaban J connectivity index is 4.34. The second-order valence-corrected chi connectivity index (χ2v) is 26.2. The first-order chi connectivity index (χ1) is 39.7. The number of rotatable bonds is 16. The fourth-order valence-corrected chi connectivity index (χ4v) is 10.7. The van der Waals surface area contributed by atoms with E-state index in [0.29, 0.717) is 0 Å². The number of aliphatic hydroxyl groups excluding tert-OH is 1. The smallest absolute Gasteiger partial charge is 0.246 e. The number of likely N-dealkylation sites (N-methyl/N-ethyl adjacent to an activating group) is 7. The van der Waals surface area contributed by atoms with Gasteiger partial charge in [0.1, 0.15) is 60.4 Å². The van der Waals surface area contributed by atoms with Crippen molar-refractivity contribution in [2.75, 3.05) is 55.9 Å². The van der Waals surface area contributed by atoms with E-state index in [4.69, 9.17) is 0 Å². The summed E-state index contributed by atoms with van der Waals surface area (Å²) in [7, 11) is 9.88. The summed E-state index contributed by atoms with van der Waals surface area (Å²) in [6.07, 6.45) is 4.30. The van der Waals surface area contributed by atoms with Crippen molar-refractivity contribution in [3.63, 3.8) is 0 Å². The van der Waals surface area contributed by atoms with Gasteiger partial charge in [0.25, 0.3) is 0 Å². The number of carbonyl (C=O) groups excluding carboxylic acids is 11. The van der Waals surface area contributed by atoms with E-state index in [0.717, 1.165) is 9.80 Å². The molecule has 1 saturated heterocycles. The summed E-state index contributed by atoms with van der Waals surface area (Å²) < 4.78 is 0. The summed E-state index contributed by atoms with van der Waals surface area (Å²) in [5.74, 6) is -9.86. The normalized spacial score (nSPS) is 26.7. The maximum Gasteiger partial charge on any atom is 0.246 e. The summed E-state index contributed by atoms with van der Waals surface area (Å²) in [5, 5.41) is 23.1. The van der Waals surface area contributed by atoms with Crippen LogP contribution in [0.15, 0.2) is 24.8 Å². The monoisotopic (exact) mass is 1210 g/mol. The Morgan fingerprint density at radius 2 is 0.895 bits per heavy atom. The van der Waals surface area contributed by atoms with E-state index >= 15 is 9.59 Å². The van der Waals surface area contributed by atoms with Crippen LogP contribution in [0.25, 0.3) is 0 Å². The molecule has 0 aromatic heterocycles. The van der Waals surface area contributed by atoms with Crippen molar-refractivity contribution >= 4 is 65.0 Å². The van der Waals surface area contributed by atoms with Gasteiger partial charge in [-0.2, -0.15) is 0 Å². The van der Waals surface area contributed by atoms with Gasteiger partial charge in [-0.1, -0.05) is 122 Å². The van der Waals surface area contributed by atoms with Gasteiger partial charge in [0.05, 0.1) is 12.6 Å². The molecule has 490 valence electrons. The van der Waals surface area contributed by atoms with E-state index in [1.807, 2.05) is 55.4 Å². The van der Waals surface area contributed by atoms with Crippen LogP contribution in [0.4, 0.5) is 0 Å². The lowest BCUT2D eigenvalue weighted by atomic mass is 9.91. The van der Waals surface area contributed by atoms with Crippen LogP contribution in [0.1, 0.15) is 149 Å². The molecule has 11 amide bonds. The molecule has 23 heteroatoms. The van der Waals surface area contributed by atoms with Gasteiger partial charge < -0.3 is 60.7 Å². The van der Waals surface area contributed by atoms with Crippen molar-refractivity contribution in [1.29, 1.82) is 0 Å². The van der Waals surface area contributed by atoms with E-state index in [2.05, 4.69) is 27.8 Å². The van der Waals surface area contributed by atoms with Gasteiger partial charge in [-0.05, 0) is 93.8 Å². The molecule has 12 atom stereocenters. The number of hydrogen-bond donors (Lipinski definition) is 5. The topological polar surface area (TPSA) is 279 Å². The standard InChI is InChI=1S/C63H111N11O12/c1-25-27-28-29-41(15)53(76)52-57(80)66-44(26-2)59(82)68(18)34-49(75)69(19)45(30-35(3)4)56(79)67-50(39(11)12)62(85)70(20)46(31-36(5)6)55(78)64-42(16)54(77)65-43(17)58(81)71(21)47(32-37(7)8)60(83)72(22)48(33-38(9)10)61(84)73(23)51(40(13)14)63(86)74(52)24/h25,27-28,35-48,50-53,76H,1,26,29-34H2,2-24H3,(H,64,78)(H,65,77)(H,66,80)(H,67,79)/t41-,42-,43+,44-,45+,46-,47-,48-,50-,51-,52?,53-/m1/s1. The van der Waals surface area contributed by atoms with Crippen molar-refractivity contribution < 1.29 is 57.8 Å². The molecule has 0 aliphatic carbocycles. The van der Waals surface area contributed by atoms with Gasteiger partial charge >= 0.3 is 0 Å². The molecule has 1 aliphatic rings. The molecule has 1 heterocycles. The van der Waals surface area contributed by atoms with E-state index < -0.39 is 156 Å². The third-order valence-corrected chi connectivity index (χ3v) is 16.1. The average Bonchev–Trinajstić information content (AvgIpc) is 3.63. The molecule has 1 unspecified atom stereocenters. The highest BCUT2D eigenvalue weighted by molar-refractivity contribution is 5.99. The number of amides is 11. The predicted octanol–water partition coefficient (Wildman–Crippen LogP) is 3.44. The summed E-state index contributed by atoms with van der Waals surface area (Å²) in [6.45, 7) is 31.2. The largest absolute Gasteiger partial charge is 0.390 e. The Labute approximate surface area is 514 Å². The summed E-state index contributed by atoms with van der Waals surface area (Å²) in [5.41, 5.74) is 0. The van der Waals surface area contributed by atoms with E-state index in [-0.39, 0.29) is 62.2 Å². The van der Waals surface area contributed by atoms with Gasteiger partial charge in [0, 0.05) is 49.3 Å². The van der Waals surface area contributed by atoms with Crippen LogP contribution in [-0.2, 0) is 52.7 Å². The van der Waals surface area contributed by atoms with Gasteiger partial charge in [0.15, 0.2) is 0 Å². The predicted molar refractivity (Wildman–Crippen MR) is 333 cm³/mol. The van der Waals surface area contributed by atoms with E-state index in [9.17, 15) is 48.3 Å². The lowest BCUT2D eigenvalue weighted by Gasteiger charge is -2.41. The third-order valence-electron chi connectivity index (χ3n) is 16.1. The zero-order chi connectivity index (χ0) is 66.7. The summed E-state index contributed by atoms with van der Waals surface area (Å²) >= 11 is 0. The molecule has 1 fully saturated rings. The zero-order valence-corrected chi connectivity index (χ0v) is 56.3. The molecule has 23 nitrogen and oxygen atoms in total. The number of nitrogens with one attached hydrogen (secondary N) is 4. The highest BCUT2D eigenvalue weighted by Gasteiger charge is 2.45. The van der Waals surface area contributed by atoms with Gasteiger partial charge in [-0.3, -0.25) is 52.7 Å². The number of carbonyl (C=O) groups is 11. The zero-order valence-electron chi connectivity index (χ0n) is 56.3. The van der Waals surface area contributed by atoms with Crippen LogP contribution in [0.2, 0.25) is 0 Å². The molecule has 0 bridgehead atoms. The van der Waals surface area contributed by atoms with E-state index in [1.165, 1.54) is 87.7 Å². The first-order valence-corrected chi connectivity index (χ1v) is 30.7. The number of allylic oxidation sites excluding steroid dienone is 3. The van der Waals surface area contributed by atoms with Crippen LogP contribution in [0.5, 0.6) is 0 Å². The molecule has 1 aliphatic heterocycles. The molecule has 86 heavy (non-hydrogen) atoms. The van der Waals surface area contributed by atoms with Crippen molar-refractivity contribution in [2.24, 2.45) is 41.4 Å². The fourth-order valence-electron chi connectivity index (χ4n) is 10.7. The van der Waals surface area contributed by atoms with Crippen LogP contribution < -0.4 is 21.3 Å². The van der Waals surface area contributed by atoms with Crippen molar-refractivity contribution in [2.45, 2.75) is 216 Å². The molecule has 0 aromatic carbocycles. The molecule has 0 aromatic rings.